The Hall–Kier alpha value is -0.540. The molecule has 0 spiro atoms. The van der Waals surface area contributed by atoms with Crippen LogP contribution in [0.3, 0.4) is 0 Å². The van der Waals surface area contributed by atoms with Crippen molar-refractivity contribution in [3.05, 3.63) is 29.8 Å². The maximum Gasteiger partial charge on any atom is 0.119 e. The van der Waals surface area contributed by atoms with Crippen molar-refractivity contribution in [1.82, 2.24) is 0 Å². The van der Waals surface area contributed by atoms with Gasteiger partial charge >= 0.3 is 0 Å². The highest BCUT2D eigenvalue weighted by molar-refractivity contribution is 9.08. The molecule has 0 aliphatic heterocycles. The summed E-state index contributed by atoms with van der Waals surface area (Å²) in [6.07, 6.45) is 0. The normalized spacial score (nSPS) is 11.4. The fourth-order valence-corrected chi connectivity index (χ4v) is 1.31. The Kier molecular flexibility index (Phi) is 3.96. The number of aliphatic hydroxyl groups is 1. The maximum absolute atomic E-state index is 9.45. The minimum atomic E-state index is -0.784. The molecule has 0 saturated carbocycles. The third kappa shape index (κ3) is 4.11. The molecule has 1 rings (SSSR count). The molecule has 1 N–H and O–H groups in total. The Morgan fingerprint density at radius 1 is 1.29 bits per heavy atom. The molecule has 0 aromatic heterocycles. The zero-order valence-corrected chi connectivity index (χ0v) is 10.0. The zero-order chi connectivity index (χ0) is 10.6. The average Bonchev–Trinajstić information content (AvgIpc) is 2.14. The summed E-state index contributed by atoms with van der Waals surface area (Å²) in [6, 6.07) is 7.80. The molecule has 0 atom stereocenters. The molecule has 0 radical (unpaired) electrons. The molecule has 1 aromatic carbocycles. The van der Waals surface area contributed by atoms with E-state index in [0.29, 0.717) is 6.61 Å². The van der Waals surface area contributed by atoms with E-state index in [-0.39, 0.29) is 0 Å². The lowest BCUT2D eigenvalue weighted by Gasteiger charge is -2.17. The highest BCUT2D eigenvalue weighted by Gasteiger charge is 2.12. The second kappa shape index (κ2) is 4.80. The standard InChI is InChI=1S/C11H15BrO2/c1-11(2,13)8-14-10-5-3-9(7-12)4-6-10/h3-6,13H,7-8H2,1-2H3. The topological polar surface area (TPSA) is 29.5 Å². The van der Waals surface area contributed by atoms with Crippen molar-refractivity contribution in [2.24, 2.45) is 0 Å². The summed E-state index contributed by atoms with van der Waals surface area (Å²) >= 11 is 3.37. The average molecular weight is 259 g/mol. The third-order valence-electron chi connectivity index (χ3n) is 1.67. The number of ether oxygens (including phenoxy) is 1. The molecule has 78 valence electrons. The Labute approximate surface area is 93.0 Å². The fourth-order valence-electron chi connectivity index (χ4n) is 0.935. The van der Waals surface area contributed by atoms with Crippen LogP contribution in [-0.2, 0) is 5.33 Å². The first-order chi connectivity index (χ1) is 6.51. The van der Waals surface area contributed by atoms with Gasteiger partial charge in [0.05, 0.1) is 5.60 Å². The van der Waals surface area contributed by atoms with E-state index >= 15 is 0 Å². The van der Waals surface area contributed by atoms with Gasteiger partial charge in [-0.15, -0.1) is 0 Å². The molecule has 0 amide bonds. The van der Waals surface area contributed by atoms with Gasteiger partial charge in [-0.3, -0.25) is 0 Å². The van der Waals surface area contributed by atoms with E-state index in [1.807, 2.05) is 24.3 Å². The molecule has 0 aliphatic carbocycles. The minimum absolute atomic E-state index is 0.306. The first kappa shape index (κ1) is 11.5. The van der Waals surface area contributed by atoms with Crippen LogP contribution >= 0.6 is 15.9 Å². The SMILES string of the molecule is CC(C)(O)COc1ccc(CBr)cc1. The third-order valence-corrected chi connectivity index (χ3v) is 2.32. The van der Waals surface area contributed by atoms with Crippen molar-refractivity contribution >= 4 is 15.9 Å². The van der Waals surface area contributed by atoms with Crippen molar-refractivity contribution < 1.29 is 9.84 Å². The summed E-state index contributed by atoms with van der Waals surface area (Å²) in [5.74, 6) is 0.789. The lowest BCUT2D eigenvalue weighted by molar-refractivity contribution is 0.0285. The number of halogens is 1. The predicted molar refractivity (Wildman–Crippen MR) is 60.9 cm³/mol. The molecule has 0 fully saturated rings. The van der Waals surface area contributed by atoms with Gasteiger partial charge in [0, 0.05) is 5.33 Å². The maximum atomic E-state index is 9.45. The van der Waals surface area contributed by atoms with E-state index in [1.54, 1.807) is 13.8 Å². The van der Waals surface area contributed by atoms with Gasteiger partial charge in [0.1, 0.15) is 12.4 Å². The Morgan fingerprint density at radius 2 is 1.86 bits per heavy atom. The van der Waals surface area contributed by atoms with Crippen molar-refractivity contribution in [1.29, 1.82) is 0 Å². The lowest BCUT2D eigenvalue weighted by Crippen LogP contribution is -2.27. The van der Waals surface area contributed by atoms with Crippen molar-refractivity contribution in [2.75, 3.05) is 6.61 Å². The molecule has 1 aromatic rings. The highest BCUT2D eigenvalue weighted by atomic mass is 79.9. The van der Waals surface area contributed by atoms with E-state index in [9.17, 15) is 5.11 Å². The molecule has 3 heteroatoms. The second-order valence-corrected chi connectivity index (χ2v) is 4.44. The van der Waals surface area contributed by atoms with Crippen LogP contribution in [-0.4, -0.2) is 17.3 Å². The monoisotopic (exact) mass is 258 g/mol. The van der Waals surface area contributed by atoms with Crippen molar-refractivity contribution in [3.63, 3.8) is 0 Å². The molecular weight excluding hydrogens is 244 g/mol. The van der Waals surface area contributed by atoms with Crippen LogP contribution in [0.25, 0.3) is 0 Å². The predicted octanol–water partition coefficient (Wildman–Crippen LogP) is 2.73. The number of rotatable bonds is 4. The molecule has 0 heterocycles. The Bertz CT molecular complexity index is 274. The minimum Gasteiger partial charge on any atom is -0.491 e. The van der Waals surface area contributed by atoms with Gasteiger partial charge in [0.2, 0.25) is 0 Å². The molecule has 2 nitrogen and oxygen atoms in total. The van der Waals surface area contributed by atoms with Gasteiger partial charge in [-0.25, -0.2) is 0 Å². The number of benzene rings is 1. The van der Waals surface area contributed by atoms with E-state index < -0.39 is 5.60 Å². The summed E-state index contributed by atoms with van der Waals surface area (Å²) in [6.45, 7) is 3.75. The second-order valence-electron chi connectivity index (χ2n) is 3.88. The summed E-state index contributed by atoms with van der Waals surface area (Å²) in [7, 11) is 0. The van der Waals surface area contributed by atoms with Crippen molar-refractivity contribution in [3.8, 4) is 5.75 Å². The Morgan fingerprint density at radius 3 is 2.29 bits per heavy atom. The van der Waals surface area contributed by atoms with Crippen LogP contribution in [0.15, 0.2) is 24.3 Å². The van der Waals surface area contributed by atoms with Gasteiger partial charge in [-0.05, 0) is 31.5 Å². The summed E-state index contributed by atoms with van der Waals surface area (Å²) in [4.78, 5) is 0. The first-order valence-electron chi connectivity index (χ1n) is 4.51. The lowest BCUT2D eigenvalue weighted by atomic mass is 10.2. The molecule has 0 aliphatic rings. The van der Waals surface area contributed by atoms with Crippen LogP contribution < -0.4 is 4.74 Å². The van der Waals surface area contributed by atoms with E-state index in [0.717, 1.165) is 11.1 Å². The van der Waals surface area contributed by atoms with E-state index in [1.165, 1.54) is 5.56 Å². The van der Waals surface area contributed by atoms with Gasteiger partial charge in [0.15, 0.2) is 0 Å². The van der Waals surface area contributed by atoms with Crippen LogP contribution in [0, 0.1) is 0 Å². The van der Waals surface area contributed by atoms with Gasteiger partial charge in [0.25, 0.3) is 0 Å². The number of alkyl halides is 1. The molecule has 14 heavy (non-hydrogen) atoms. The Balaban J connectivity index is 2.52. The first-order valence-corrected chi connectivity index (χ1v) is 5.63. The largest absolute Gasteiger partial charge is 0.491 e. The van der Waals surface area contributed by atoms with Crippen LogP contribution in [0.4, 0.5) is 0 Å². The van der Waals surface area contributed by atoms with Crippen LogP contribution in [0.1, 0.15) is 19.4 Å². The number of hydrogen-bond acceptors (Lipinski definition) is 2. The smallest absolute Gasteiger partial charge is 0.119 e. The molecule has 0 bridgehead atoms. The zero-order valence-electron chi connectivity index (χ0n) is 8.46. The number of hydrogen-bond donors (Lipinski definition) is 1. The van der Waals surface area contributed by atoms with Gasteiger partial charge in [-0.1, -0.05) is 28.1 Å². The van der Waals surface area contributed by atoms with E-state index in [4.69, 9.17) is 4.74 Å². The summed E-state index contributed by atoms with van der Waals surface area (Å²) in [5, 5.41) is 10.3. The van der Waals surface area contributed by atoms with E-state index in [2.05, 4.69) is 15.9 Å². The molecule has 0 unspecified atom stereocenters. The van der Waals surface area contributed by atoms with Crippen LogP contribution in [0.5, 0.6) is 5.75 Å². The molecule has 0 saturated heterocycles. The van der Waals surface area contributed by atoms with Crippen LogP contribution in [0.2, 0.25) is 0 Å². The summed E-state index contributed by atoms with van der Waals surface area (Å²) in [5.41, 5.74) is 0.425. The molecular formula is C11H15BrO2. The summed E-state index contributed by atoms with van der Waals surface area (Å²) < 4.78 is 5.40. The fraction of sp³-hybridized carbons (Fsp3) is 0.455. The quantitative estimate of drug-likeness (QED) is 0.842. The van der Waals surface area contributed by atoms with Gasteiger partial charge in [-0.2, -0.15) is 0 Å². The highest BCUT2D eigenvalue weighted by Crippen LogP contribution is 2.15. The van der Waals surface area contributed by atoms with Gasteiger partial charge < -0.3 is 9.84 Å². The van der Waals surface area contributed by atoms with Crippen molar-refractivity contribution in [2.45, 2.75) is 24.8 Å².